The van der Waals surface area contributed by atoms with E-state index in [1.54, 1.807) is 10.9 Å². The van der Waals surface area contributed by atoms with Crippen molar-refractivity contribution in [2.75, 3.05) is 0 Å². The van der Waals surface area contributed by atoms with Crippen molar-refractivity contribution in [1.29, 1.82) is 0 Å². The Kier molecular flexibility index (Phi) is 3.35. The largest absolute Gasteiger partial charge is 0.380 e. The minimum absolute atomic E-state index is 0.485. The van der Waals surface area contributed by atoms with Gasteiger partial charge in [-0.2, -0.15) is 20.5 Å². The van der Waals surface area contributed by atoms with E-state index in [0.717, 1.165) is 17.4 Å². The third-order valence-corrected chi connectivity index (χ3v) is 2.85. The zero-order valence-corrected chi connectivity index (χ0v) is 10.3. The lowest BCUT2D eigenvalue weighted by molar-refractivity contribution is 0.201. The molecule has 16 heavy (non-hydrogen) atoms. The van der Waals surface area contributed by atoms with E-state index in [1.807, 2.05) is 0 Å². The van der Waals surface area contributed by atoms with E-state index in [1.165, 1.54) is 6.20 Å². The molecule has 0 aromatic carbocycles. The number of halogens is 1. The first-order valence-corrected chi connectivity index (χ1v) is 5.78. The first kappa shape index (κ1) is 11.3. The topological polar surface area (TPSA) is 79.6 Å². The van der Waals surface area contributed by atoms with Crippen molar-refractivity contribution in [1.82, 2.24) is 25.2 Å². The number of hydrogen-bond acceptors (Lipinski definition) is 4. The molecule has 1 atom stereocenters. The Morgan fingerprint density at radius 3 is 3.00 bits per heavy atom. The van der Waals surface area contributed by atoms with Gasteiger partial charge in [0.15, 0.2) is 0 Å². The smallest absolute Gasteiger partial charge is 0.142 e. The second-order valence-electron chi connectivity index (χ2n) is 3.40. The maximum absolute atomic E-state index is 10.1. The number of rotatable bonds is 4. The fourth-order valence-electron chi connectivity index (χ4n) is 1.52. The molecule has 0 fully saturated rings. The predicted molar refractivity (Wildman–Crippen MR) is 60.7 cm³/mol. The molecule has 7 heteroatoms. The molecule has 6 nitrogen and oxygen atoms in total. The number of aromatic nitrogens is 5. The summed E-state index contributed by atoms with van der Waals surface area (Å²) < 4.78 is 2.54. The lowest BCUT2D eigenvalue weighted by Gasteiger charge is -2.11. The SMILES string of the molecule is CCCn1ncc(Br)c1C(O)c1cn[nH]n1. The highest BCUT2D eigenvalue weighted by atomic mass is 79.9. The van der Waals surface area contributed by atoms with E-state index < -0.39 is 6.10 Å². The number of hydrogen-bond donors (Lipinski definition) is 2. The molecule has 0 bridgehead atoms. The highest BCUT2D eigenvalue weighted by Gasteiger charge is 2.21. The van der Waals surface area contributed by atoms with Crippen molar-refractivity contribution in [3.63, 3.8) is 0 Å². The summed E-state index contributed by atoms with van der Waals surface area (Å²) in [4.78, 5) is 0. The monoisotopic (exact) mass is 285 g/mol. The van der Waals surface area contributed by atoms with E-state index >= 15 is 0 Å². The molecule has 86 valence electrons. The second-order valence-corrected chi connectivity index (χ2v) is 4.25. The fourth-order valence-corrected chi connectivity index (χ4v) is 2.03. The van der Waals surface area contributed by atoms with E-state index in [-0.39, 0.29) is 0 Å². The molecular formula is C9H12BrN5O. The van der Waals surface area contributed by atoms with E-state index in [9.17, 15) is 5.11 Å². The number of aromatic amines is 1. The van der Waals surface area contributed by atoms with Crippen molar-refractivity contribution >= 4 is 15.9 Å². The average Bonchev–Trinajstić information content (AvgIpc) is 2.88. The van der Waals surface area contributed by atoms with Crippen LogP contribution in [-0.4, -0.2) is 30.3 Å². The van der Waals surface area contributed by atoms with Crippen LogP contribution < -0.4 is 0 Å². The van der Waals surface area contributed by atoms with Gasteiger partial charge < -0.3 is 5.11 Å². The van der Waals surface area contributed by atoms with Crippen molar-refractivity contribution in [2.24, 2.45) is 0 Å². The second kappa shape index (κ2) is 4.75. The number of nitrogens with zero attached hydrogens (tertiary/aromatic N) is 4. The molecule has 1 unspecified atom stereocenters. The lowest BCUT2D eigenvalue weighted by atomic mass is 10.2. The van der Waals surface area contributed by atoms with Gasteiger partial charge in [-0.25, -0.2) is 0 Å². The maximum atomic E-state index is 10.1. The van der Waals surface area contributed by atoms with Crippen LogP contribution in [0.4, 0.5) is 0 Å². The molecule has 0 radical (unpaired) electrons. The molecule has 0 saturated heterocycles. The number of aliphatic hydroxyl groups excluding tert-OH is 1. The zero-order valence-electron chi connectivity index (χ0n) is 8.76. The van der Waals surface area contributed by atoms with Crippen LogP contribution >= 0.6 is 15.9 Å². The van der Waals surface area contributed by atoms with Crippen molar-refractivity contribution in [3.05, 3.63) is 28.3 Å². The highest BCUT2D eigenvalue weighted by Crippen LogP contribution is 2.27. The van der Waals surface area contributed by atoms with Gasteiger partial charge in [-0.1, -0.05) is 6.92 Å². The summed E-state index contributed by atoms with van der Waals surface area (Å²) in [5.74, 6) is 0. The number of aryl methyl sites for hydroxylation is 1. The number of H-pyrrole nitrogens is 1. The minimum Gasteiger partial charge on any atom is -0.380 e. The molecule has 2 heterocycles. The van der Waals surface area contributed by atoms with E-state index in [4.69, 9.17) is 0 Å². The average molecular weight is 286 g/mol. The molecule has 0 saturated carbocycles. The summed E-state index contributed by atoms with van der Waals surface area (Å²) >= 11 is 3.37. The van der Waals surface area contributed by atoms with Crippen molar-refractivity contribution < 1.29 is 5.11 Å². The van der Waals surface area contributed by atoms with Crippen LogP contribution in [0.25, 0.3) is 0 Å². The normalized spacial score (nSPS) is 12.9. The summed E-state index contributed by atoms with van der Waals surface area (Å²) in [6.07, 6.45) is 3.31. The third kappa shape index (κ3) is 2.00. The molecule has 2 N–H and O–H groups in total. The predicted octanol–water partition coefficient (Wildman–Crippen LogP) is 1.26. The number of aliphatic hydroxyl groups is 1. The molecule has 2 rings (SSSR count). The van der Waals surface area contributed by atoms with Gasteiger partial charge in [-0.3, -0.25) is 4.68 Å². The van der Waals surface area contributed by atoms with Gasteiger partial charge in [0, 0.05) is 6.54 Å². The van der Waals surface area contributed by atoms with Gasteiger partial charge in [-0.05, 0) is 22.4 Å². The molecule has 2 aromatic heterocycles. The molecule has 0 spiro atoms. The summed E-state index contributed by atoms with van der Waals surface area (Å²) in [7, 11) is 0. The van der Waals surface area contributed by atoms with Gasteiger partial charge in [0.2, 0.25) is 0 Å². The van der Waals surface area contributed by atoms with Gasteiger partial charge in [0.1, 0.15) is 11.8 Å². The molecule has 0 aliphatic heterocycles. The maximum Gasteiger partial charge on any atom is 0.142 e. The molecule has 2 aromatic rings. The summed E-state index contributed by atoms with van der Waals surface area (Å²) in [5.41, 5.74) is 1.19. The van der Waals surface area contributed by atoms with Gasteiger partial charge in [0.05, 0.1) is 22.6 Å². The number of nitrogens with one attached hydrogen (secondary N) is 1. The van der Waals surface area contributed by atoms with Gasteiger partial charge in [0.25, 0.3) is 0 Å². The summed E-state index contributed by atoms with van der Waals surface area (Å²) in [6.45, 7) is 2.82. The van der Waals surface area contributed by atoms with E-state index in [0.29, 0.717) is 11.4 Å². The van der Waals surface area contributed by atoms with Crippen LogP contribution in [0, 0.1) is 0 Å². The third-order valence-electron chi connectivity index (χ3n) is 2.24. The van der Waals surface area contributed by atoms with Gasteiger partial charge in [-0.15, -0.1) is 0 Å². The Morgan fingerprint density at radius 1 is 1.56 bits per heavy atom. The van der Waals surface area contributed by atoms with Crippen LogP contribution in [0.3, 0.4) is 0 Å². The molecule has 0 aliphatic rings. The van der Waals surface area contributed by atoms with Crippen molar-refractivity contribution in [2.45, 2.75) is 26.0 Å². The Labute approximate surface area is 101 Å². The Hall–Kier alpha value is -1.21. The molecular weight excluding hydrogens is 274 g/mol. The van der Waals surface area contributed by atoms with Crippen LogP contribution in [-0.2, 0) is 6.54 Å². The van der Waals surface area contributed by atoms with Crippen LogP contribution in [0.15, 0.2) is 16.9 Å². The Bertz CT molecular complexity index is 452. The molecule has 0 aliphatic carbocycles. The fraction of sp³-hybridized carbons (Fsp3) is 0.444. The quantitative estimate of drug-likeness (QED) is 0.886. The first-order valence-electron chi connectivity index (χ1n) is 4.99. The molecule has 0 amide bonds. The highest BCUT2D eigenvalue weighted by molar-refractivity contribution is 9.10. The summed E-state index contributed by atoms with van der Waals surface area (Å²) in [6, 6.07) is 0. The van der Waals surface area contributed by atoms with Crippen LogP contribution in [0.1, 0.15) is 30.8 Å². The zero-order chi connectivity index (χ0) is 11.5. The van der Waals surface area contributed by atoms with E-state index in [2.05, 4.69) is 43.4 Å². The minimum atomic E-state index is -0.817. The van der Waals surface area contributed by atoms with Gasteiger partial charge >= 0.3 is 0 Å². The standard InChI is InChI=1S/C9H12BrN5O/c1-2-3-15-8(6(10)4-12-15)9(16)7-5-11-14-13-7/h4-5,9,16H,2-3H2,1H3,(H,11,13,14). The van der Waals surface area contributed by atoms with Crippen LogP contribution in [0.5, 0.6) is 0 Å². The summed E-state index contributed by atoms with van der Waals surface area (Å²) in [5, 5.41) is 24.4. The Morgan fingerprint density at radius 2 is 2.38 bits per heavy atom. The van der Waals surface area contributed by atoms with Crippen LogP contribution in [0.2, 0.25) is 0 Å². The lowest BCUT2D eigenvalue weighted by Crippen LogP contribution is -2.11. The Balaban J connectivity index is 2.35. The first-order chi connectivity index (χ1) is 7.74. The van der Waals surface area contributed by atoms with Crippen molar-refractivity contribution in [3.8, 4) is 0 Å².